The monoisotopic (exact) mass is 1090 g/mol. The Morgan fingerprint density at radius 3 is 1.79 bits per heavy atom. The molecule has 4 rings (SSSR count). The van der Waals surface area contributed by atoms with Gasteiger partial charge in [-0.1, -0.05) is 45.9 Å². The summed E-state index contributed by atoms with van der Waals surface area (Å²) in [5.74, 6) is -12.6. The van der Waals surface area contributed by atoms with Crippen LogP contribution in [0.2, 0.25) is 0 Å². The standard InChI is InChI=1S/C51H75N15O12/c1-25(2)18-38-51(78)66(29(7)67)39(14-10-11-17-52)49(76)63-37(21-41(54)69)48(75)60-34(15-16-40(53)68)45(72)62-35(19-30-22-56-33-13-9-8-12-32(30)33)46(73)58-28(6)44(71)65-42(26(3)4)50(77)59-27(5)43(70)61-36(47(74)64-38)20-31-23-55-24-57-31/h8-9,12-13,22-28,34-39,42,56H,10-11,14-21,52H2,1-7H3,(H2,53,68)(H2,54,69)(H,55,57)(H,58,73)(H,59,77)(H,60,75)(H,61,70)(H,62,72)(H,63,76)(H,64,74)(H,65,71)/t27-,28+,34+,35+,36+,37+,38+,39+,42+/m1/s1. The van der Waals surface area contributed by atoms with Gasteiger partial charge in [-0.25, -0.2) is 4.98 Å². The number of rotatable bonds is 16. The van der Waals surface area contributed by atoms with Crippen molar-refractivity contribution >= 4 is 81.8 Å². The Bertz CT molecular complexity index is 2650. The number of primary amides is 2. The van der Waals surface area contributed by atoms with Gasteiger partial charge in [-0.15, -0.1) is 0 Å². The van der Waals surface area contributed by atoms with Crippen molar-refractivity contribution < 1.29 is 57.5 Å². The number of aromatic nitrogens is 3. The molecule has 0 unspecified atom stereocenters. The van der Waals surface area contributed by atoms with Crippen LogP contribution in [0.25, 0.3) is 10.9 Å². The molecule has 0 spiro atoms. The van der Waals surface area contributed by atoms with Crippen LogP contribution in [-0.2, 0) is 70.4 Å². The van der Waals surface area contributed by atoms with E-state index in [9.17, 15) is 57.5 Å². The van der Waals surface area contributed by atoms with E-state index < -0.39 is 150 Å². The van der Waals surface area contributed by atoms with Crippen LogP contribution in [0.3, 0.4) is 0 Å². The molecule has 1 aromatic carbocycles. The average Bonchev–Trinajstić information content (AvgIpc) is 4.06. The summed E-state index contributed by atoms with van der Waals surface area (Å²) in [6.45, 7) is 10.5. The Morgan fingerprint density at radius 1 is 0.628 bits per heavy atom. The van der Waals surface area contributed by atoms with Gasteiger partial charge in [0.15, 0.2) is 0 Å². The van der Waals surface area contributed by atoms with Gasteiger partial charge in [0, 0.05) is 55.2 Å². The number of carbonyl (C=O) groups excluding carboxylic acids is 12. The number of para-hydroxylation sites is 1. The number of H-pyrrole nitrogens is 2. The van der Waals surface area contributed by atoms with Crippen LogP contribution in [0, 0.1) is 11.8 Å². The van der Waals surface area contributed by atoms with Crippen LogP contribution < -0.4 is 59.7 Å². The number of nitrogens with one attached hydrogen (secondary N) is 10. The third-order valence-corrected chi connectivity index (χ3v) is 12.9. The minimum absolute atomic E-state index is 0.102. The molecular formula is C51H75N15O12. The SMILES string of the molecule is CC(=O)N1C(=O)[C@H](CC(C)C)NC(=O)[C@H](Cc2cnc[nH]2)NC(=O)[C@@H](C)NC(=O)[C@H](C(C)C)NC(=O)[C@H](C)NC(=O)[C@H](Cc2c[nH]c3ccccc23)NC(=O)[C@H](CCC(N)=O)NC(=O)[C@H](CC(N)=O)NC(=O)[C@@H]1CCCCN. The summed E-state index contributed by atoms with van der Waals surface area (Å²) >= 11 is 0. The summed E-state index contributed by atoms with van der Waals surface area (Å²) in [5.41, 5.74) is 18.4. The van der Waals surface area contributed by atoms with Gasteiger partial charge in [-0.3, -0.25) is 62.4 Å². The topological polar surface area (TPSA) is 427 Å². The van der Waals surface area contributed by atoms with E-state index in [4.69, 9.17) is 17.2 Å². The molecule has 27 nitrogen and oxygen atoms in total. The number of unbranched alkanes of at least 4 members (excludes halogenated alkanes) is 1. The Hall–Kier alpha value is -8.23. The van der Waals surface area contributed by atoms with E-state index in [1.54, 1.807) is 58.2 Å². The molecule has 3 aromatic rings. The number of imide groups is 1. The Kier molecular flexibility index (Phi) is 23.4. The number of nitrogens with two attached hydrogens (primary N) is 3. The van der Waals surface area contributed by atoms with E-state index in [0.29, 0.717) is 33.5 Å². The predicted molar refractivity (Wildman–Crippen MR) is 282 cm³/mol. The smallest absolute Gasteiger partial charge is 0.252 e. The van der Waals surface area contributed by atoms with E-state index in [1.807, 2.05) is 0 Å². The van der Waals surface area contributed by atoms with Crippen molar-refractivity contribution in [3.63, 3.8) is 0 Å². The number of amides is 12. The first-order valence-corrected chi connectivity index (χ1v) is 25.9. The summed E-state index contributed by atoms with van der Waals surface area (Å²) in [5, 5.41) is 21.1. The first-order chi connectivity index (χ1) is 36.8. The van der Waals surface area contributed by atoms with Crippen LogP contribution in [0.15, 0.2) is 43.0 Å². The van der Waals surface area contributed by atoms with Crippen molar-refractivity contribution in [2.45, 2.75) is 161 Å². The minimum Gasteiger partial charge on any atom is -0.370 e. The zero-order chi connectivity index (χ0) is 58.0. The van der Waals surface area contributed by atoms with E-state index in [1.165, 1.54) is 26.4 Å². The first kappa shape index (κ1) is 62.3. The molecule has 1 saturated heterocycles. The zero-order valence-corrected chi connectivity index (χ0v) is 45.0. The number of fused-ring (bicyclic) bond motifs is 1. The van der Waals surface area contributed by atoms with Crippen LogP contribution in [-0.4, -0.2) is 152 Å². The number of imidazole rings is 1. The molecule has 9 atom stereocenters. The molecular weight excluding hydrogens is 1010 g/mol. The van der Waals surface area contributed by atoms with Gasteiger partial charge in [-0.05, 0) is 76.0 Å². The molecule has 0 radical (unpaired) electrons. The van der Waals surface area contributed by atoms with E-state index in [-0.39, 0.29) is 44.6 Å². The van der Waals surface area contributed by atoms with Crippen molar-refractivity contribution in [1.82, 2.24) is 62.4 Å². The fourth-order valence-corrected chi connectivity index (χ4v) is 8.71. The second-order valence-electron chi connectivity index (χ2n) is 20.2. The molecule has 1 fully saturated rings. The lowest BCUT2D eigenvalue weighted by Crippen LogP contribution is -2.62. The lowest BCUT2D eigenvalue weighted by atomic mass is 9.99. The first-order valence-electron chi connectivity index (χ1n) is 25.9. The molecule has 426 valence electrons. The van der Waals surface area contributed by atoms with Crippen molar-refractivity contribution in [2.75, 3.05) is 6.54 Å². The van der Waals surface area contributed by atoms with E-state index >= 15 is 0 Å². The van der Waals surface area contributed by atoms with Crippen LogP contribution in [0.1, 0.15) is 105 Å². The maximum Gasteiger partial charge on any atom is 0.252 e. The summed E-state index contributed by atoms with van der Waals surface area (Å²) in [4.78, 5) is 177. The molecule has 27 heteroatoms. The highest BCUT2D eigenvalue weighted by molar-refractivity contribution is 6.05. The Balaban J connectivity index is 1.88. The van der Waals surface area contributed by atoms with Crippen molar-refractivity contribution in [2.24, 2.45) is 29.0 Å². The van der Waals surface area contributed by atoms with Crippen molar-refractivity contribution in [3.8, 4) is 0 Å². The number of benzene rings is 1. The minimum atomic E-state index is -1.89. The maximum absolute atomic E-state index is 14.8. The van der Waals surface area contributed by atoms with Crippen LogP contribution in [0.5, 0.6) is 0 Å². The summed E-state index contributed by atoms with van der Waals surface area (Å²) in [7, 11) is 0. The van der Waals surface area contributed by atoms with E-state index in [0.717, 1.165) is 6.92 Å². The van der Waals surface area contributed by atoms with Gasteiger partial charge in [-0.2, -0.15) is 0 Å². The highest BCUT2D eigenvalue weighted by Crippen LogP contribution is 2.21. The van der Waals surface area contributed by atoms with Gasteiger partial charge in [0.2, 0.25) is 65.0 Å². The van der Waals surface area contributed by atoms with Crippen LogP contribution in [0.4, 0.5) is 0 Å². The molecule has 1 aliphatic heterocycles. The molecule has 3 heterocycles. The highest BCUT2D eigenvalue weighted by Gasteiger charge is 2.41. The zero-order valence-electron chi connectivity index (χ0n) is 45.0. The maximum atomic E-state index is 14.8. The largest absolute Gasteiger partial charge is 0.370 e. The molecule has 1 aliphatic rings. The van der Waals surface area contributed by atoms with Gasteiger partial charge in [0.1, 0.15) is 54.4 Å². The quantitative estimate of drug-likeness (QED) is 0.0651. The second kappa shape index (κ2) is 29.3. The lowest BCUT2D eigenvalue weighted by molar-refractivity contribution is -0.154. The fourth-order valence-electron chi connectivity index (χ4n) is 8.71. The van der Waals surface area contributed by atoms with Crippen molar-refractivity contribution in [3.05, 3.63) is 54.2 Å². The fraction of sp³-hybridized carbons (Fsp3) is 0.549. The number of hydrogen-bond donors (Lipinski definition) is 13. The number of aromatic amines is 2. The third-order valence-electron chi connectivity index (χ3n) is 12.9. The predicted octanol–water partition coefficient (Wildman–Crippen LogP) is -2.68. The van der Waals surface area contributed by atoms with Gasteiger partial charge in [0.25, 0.3) is 5.91 Å². The van der Waals surface area contributed by atoms with Gasteiger partial charge >= 0.3 is 0 Å². The Morgan fingerprint density at radius 2 is 1.19 bits per heavy atom. The lowest BCUT2D eigenvalue weighted by Gasteiger charge is -2.34. The molecule has 16 N–H and O–H groups in total. The molecule has 0 saturated carbocycles. The highest BCUT2D eigenvalue weighted by atomic mass is 16.2. The van der Waals surface area contributed by atoms with Gasteiger partial charge < -0.3 is 69.7 Å². The molecule has 0 bridgehead atoms. The molecule has 0 aliphatic carbocycles. The average molecular weight is 1090 g/mol. The normalized spacial score (nSPS) is 24.3. The number of hydrogen-bond acceptors (Lipinski definition) is 14. The molecule has 12 amide bonds. The molecule has 2 aromatic heterocycles. The van der Waals surface area contributed by atoms with Crippen LogP contribution >= 0.6 is 0 Å². The Labute approximate surface area is 451 Å². The number of carbonyl (C=O) groups is 12. The summed E-state index contributed by atoms with van der Waals surface area (Å²) in [6.07, 6.45) is 2.18. The molecule has 78 heavy (non-hydrogen) atoms. The summed E-state index contributed by atoms with van der Waals surface area (Å²) in [6, 6.07) is -6.71. The second-order valence-corrected chi connectivity index (χ2v) is 20.2. The van der Waals surface area contributed by atoms with E-state index in [2.05, 4.69) is 57.5 Å². The third kappa shape index (κ3) is 18.2. The number of nitrogens with zero attached hydrogens (tertiary/aromatic N) is 2. The van der Waals surface area contributed by atoms with Gasteiger partial charge in [0.05, 0.1) is 12.7 Å². The van der Waals surface area contributed by atoms with Crippen molar-refractivity contribution in [1.29, 1.82) is 0 Å². The summed E-state index contributed by atoms with van der Waals surface area (Å²) < 4.78 is 0.